The fourth-order valence-corrected chi connectivity index (χ4v) is 3.12. The van der Waals surface area contributed by atoms with Crippen molar-refractivity contribution in [2.24, 2.45) is 5.92 Å². The van der Waals surface area contributed by atoms with Crippen LogP contribution in [0.4, 0.5) is 0 Å². The zero-order valence-corrected chi connectivity index (χ0v) is 12.2. The summed E-state index contributed by atoms with van der Waals surface area (Å²) in [6.45, 7) is 2.53. The Morgan fingerprint density at radius 1 is 1.20 bits per heavy atom. The fourth-order valence-electron chi connectivity index (χ4n) is 3.12. The highest BCUT2D eigenvalue weighted by Gasteiger charge is 2.26. The first kappa shape index (κ1) is 15.0. The minimum atomic E-state index is -0.0634. The molecule has 1 heterocycles. The molecule has 1 aliphatic heterocycles. The van der Waals surface area contributed by atoms with Crippen LogP contribution in [0.25, 0.3) is 0 Å². The maximum Gasteiger partial charge on any atom is 0.239 e. The summed E-state index contributed by atoms with van der Waals surface area (Å²) in [7, 11) is 0. The number of nitrogens with zero attached hydrogens (tertiary/aromatic N) is 1. The maximum atomic E-state index is 12.0. The molecule has 1 saturated heterocycles. The smallest absolute Gasteiger partial charge is 0.239 e. The van der Waals surface area contributed by atoms with Gasteiger partial charge in [0.05, 0.1) is 6.54 Å². The van der Waals surface area contributed by atoms with Gasteiger partial charge in [0, 0.05) is 24.9 Å². The minimum absolute atomic E-state index is 0.0634. The Balaban J connectivity index is 1.72. The predicted molar refractivity (Wildman–Crippen MR) is 75.0 cm³/mol. The van der Waals surface area contributed by atoms with Crippen molar-refractivity contribution in [1.82, 2.24) is 10.2 Å². The molecule has 20 heavy (non-hydrogen) atoms. The highest BCUT2D eigenvalue weighted by atomic mass is 16.2. The van der Waals surface area contributed by atoms with E-state index in [2.05, 4.69) is 5.32 Å². The summed E-state index contributed by atoms with van der Waals surface area (Å²) in [6.07, 6.45) is 5.95. The first-order chi connectivity index (χ1) is 9.56. The highest BCUT2D eigenvalue weighted by Crippen LogP contribution is 2.24. The van der Waals surface area contributed by atoms with E-state index in [0.717, 1.165) is 38.5 Å². The van der Waals surface area contributed by atoms with Crippen LogP contribution < -0.4 is 5.32 Å². The minimum Gasteiger partial charge on any atom is -0.352 e. The van der Waals surface area contributed by atoms with Crippen molar-refractivity contribution >= 4 is 17.6 Å². The first-order valence-electron chi connectivity index (χ1n) is 7.64. The van der Waals surface area contributed by atoms with Gasteiger partial charge in [0.1, 0.15) is 5.78 Å². The number of nitrogens with one attached hydrogen (secondary N) is 1. The summed E-state index contributed by atoms with van der Waals surface area (Å²) in [5.41, 5.74) is 0. The van der Waals surface area contributed by atoms with E-state index in [1.807, 2.05) is 0 Å². The lowest BCUT2D eigenvalue weighted by atomic mass is 9.84. The molecular weight excluding hydrogens is 256 g/mol. The maximum absolute atomic E-state index is 12.0. The molecule has 112 valence electrons. The normalized spacial score (nSPS) is 27.2. The van der Waals surface area contributed by atoms with Gasteiger partial charge in [-0.25, -0.2) is 0 Å². The third-order valence-corrected chi connectivity index (χ3v) is 4.42. The van der Waals surface area contributed by atoms with Gasteiger partial charge in [-0.2, -0.15) is 0 Å². The molecule has 2 aliphatic rings. The molecule has 0 aromatic heterocycles. The Morgan fingerprint density at radius 3 is 2.50 bits per heavy atom. The summed E-state index contributed by atoms with van der Waals surface area (Å²) in [6, 6.07) is 0.165. The van der Waals surface area contributed by atoms with E-state index in [0.29, 0.717) is 13.0 Å². The quantitative estimate of drug-likeness (QED) is 0.843. The number of hydrogen-bond donors (Lipinski definition) is 1. The second-order valence-corrected chi connectivity index (χ2v) is 6.00. The van der Waals surface area contributed by atoms with Crippen LogP contribution in [0, 0.1) is 5.92 Å². The Bertz CT molecular complexity index is 387. The van der Waals surface area contributed by atoms with Crippen LogP contribution in [-0.2, 0) is 14.4 Å². The van der Waals surface area contributed by atoms with Crippen LogP contribution >= 0.6 is 0 Å². The molecule has 0 unspecified atom stereocenters. The molecule has 5 heteroatoms. The highest BCUT2D eigenvalue weighted by molar-refractivity contribution is 5.85. The lowest BCUT2D eigenvalue weighted by molar-refractivity contribution is -0.138. The van der Waals surface area contributed by atoms with Crippen LogP contribution in [0.5, 0.6) is 0 Å². The van der Waals surface area contributed by atoms with Crippen molar-refractivity contribution in [3.05, 3.63) is 0 Å². The van der Waals surface area contributed by atoms with E-state index in [4.69, 9.17) is 0 Å². The third kappa shape index (κ3) is 4.05. The number of rotatable bonds is 4. The average Bonchev–Trinajstić information content (AvgIpc) is 2.42. The number of likely N-dealkylation sites (tertiary alicyclic amines) is 1. The molecule has 2 fully saturated rings. The van der Waals surface area contributed by atoms with Crippen LogP contribution in [0.15, 0.2) is 0 Å². The molecule has 0 bridgehead atoms. The van der Waals surface area contributed by atoms with E-state index in [-0.39, 0.29) is 36.1 Å². The monoisotopic (exact) mass is 280 g/mol. The van der Waals surface area contributed by atoms with Crippen LogP contribution in [-0.4, -0.2) is 41.6 Å². The zero-order valence-electron chi connectivity index (χ0n) is 12.2. The van der Waals surface area contributed by atoms with E-state index in [9.17, 15) is 14.4 Å². The summed E-state index contributed by atoms with van der Waals surface area (Å²) in [5, 5.41) is 3.00. The predicted octanol–water partition coefficient (Wildman–Crippen LogP) is 1.26. The van der Waals surface area contributed by atoms with Crippen molar-refractivity contribution in [3.63, 3.8) is 0 Å². The van der Waals surface area contributed by atoms with Crippen molar-refractivity contribution < 1.29 is 14.4 Å². The molecule has 2 rings (SSSR count). The van der Waals surface area contributed by atoms with E-state index in [1.165, 1.54) is 0 Å². The summed E-state index contributed by atoms with van der Waals surface area (Å²) < 4.78 is 0. The number of ketones is 1. The molecule has 1 aliphatic carbocycles. The zero-order chi connectivity index (χ0) is 14.5. The number of hydrogen-bond acceptors (Lipinski definition) is 3. The van der Waals surface area contributed by atoms with Gasteiger partial charge >= 0.3 is 0 Å². The molecule has 0 radical (unpaired) electrons. The largest absolute Gasteiger partial charge is 0.352 e. The number of carbonyl (C=O) groups is 3. The molecule has 2 amide bonds. The second kappa shape index (κ2) is 6.86. The van der Waals surface area contributed by atoms with Crippen molar-refractivity contribution in [2.75, 3.05) is 13.1 Å². The number of Topliss-reactive ketones (excluding diaryl/α,β-unsaturated/α-hetero) is 1. The Kier molecular flexibility index (Phi) is 5.15. The molecule has 5 nitrogen and oxygen atoms in total. The van der Waals surface area contributed by atoms with Crippen molar-refractivity contribution in [2.45, 2.75) is 57.9 Å². The van der Waals surface area contributed by atoms with Gasteiger partial charge in [-0.05, 0) is 45.4 Å². The van der Waals surface area contributed by atoms with Gasteiger partial charge in [0.25, 0.3) is 0 Å². The SMILES string of the molecule is CC(=O)C1CCC(NC(=O)CN2CCCCC2=O)CC1. The molecule has 0 atom stereocenters. The van der Waals surface area contributed by atoms with Crippen molar-refractivity contribution in [3.8, 4) is 0 Å². The lowest BCUT2D eigenvalue weighted by Crippen LogP contribution is -2.46. The average molecular weight is 280 g/mol. The van der Waals surface area contributed by atoms with Gasteiger partial charge < -0.3 is 10.2 Å². The standard InChI is InChI=1S/C15H24N2O3/c1-11(18)12-5-7-13(8-6-12)16-14(19)10-17-9-3-2-4-15(17)20/h12-13H,2-10H2,1H3,(H,16,19). The van der Waals surface area contributed by atoms with Crippen LogP contribution in [0.2, 0.25) is 0 Å². The van der Waals surface area contributed by atoms with Gasteiger partial charge in [0.15, 0.2) is 0 Å². The summed E-state index contributed by atoms with van der Waals surface area (Å²) >= 11 is 0. The van der Waals surface area contributed by atoms with E-state index >= 15 is 0 Å². The Morgan fingerprint density at radius 2 is 1.90 bits per heavy atom. The fraction of sp³-hybridized carbons (Fsp3) is 0.800. The van der Waals surface area contributed by atoms with Gasteiger partial charge in [-0.15, -0.1) is 0 Å². The lowest BCUT2D eigenvalue weighted by Gasteiger charge is -2.30. The number of amides is 2. The Hall–Kier alpha value is -1.39. The summed E-state index contributed by atoms with van der Waals surface area (Å²) in [5.74, 6) is 0.457. The molecule has 1 saturated carbocycles. The van der Waals surface area contributed by atoms with Gasteiger partial charge in [0.2, 0.25) is 11.8 Å². The van der Waals surface area contributed by atoms with Gasteiger partial charge in [-0.3, -0.25) is 14.4 Å². The molecule has 1 N–H and O–H groups in total. The Labute approximate surface area is 120 Å². The molecule has 0 aromatic rings. The second-order valence-electron chi connectivity index (χ2n) is 6.00. The molecule has 0 aromatic carbocycles. The first-order valence-corrected chi connectivity index (χ1v) is 7.64. The third-order valence-electron chi connectivity index (χ3n) is 4.42. The molecular formula is C15H24N2O3. The van der Waals surface area contributed by atoms with Crippen molar-refractivity contribution in [1.29, 1.82) is 0 Å². The van der Waals surface area contributed by atoms with Gasteiger partial charge in [-0.1, -0.05) is 0 Å². The number of piperidine rings is 1. The van der Waals surface area contributed by atoms with Crippen LogP contribution in [0.3, 0.4) is 0 Å². The van der Waals surface area contributed by atoms with E-state index in [1.54, 1.807) is 11.8 Å². The summed E-state index contributed by atoms with van der Waals surface area (Å²) in [4.78, 5) is 36.6. The molecule has 0 spiro atoms. The number of carbonyl (C=O) groups excluding carboxylic acids is 3. The topological polar surface area (TPSA) is 66.5 Å². The van der Waals surface area contributed by atoms with Crippen LogP contribution in [0.1, 0.15) is 51.9 Å². The van der Waals surface area contributed by atoms with E-state index < -0.39 is 0 Å².